The van der Waals surface area contributed by atoms with Crippen molar-refractivity contribution >= 4 is 34.3 Å². The molecule has 2 aromatic carbocycles. The topological polar surface area (TPSA) is 150 Å². The second-order valence-corrected chi connectivity index (χ2v) is 7.08. The second-order valence-electron chi connectivity index (χ2n) is 5.39. The lowest BCUT2D eigenvalue weighted by Crippen LogP contribution is -2.32. The minimum atomic E-state index is -3.84. The molecular formula is C15H17BN2O6S. The molecule has 0 aromatic heterocycles. The summed E-state index contributed by atoms with van der Waals surface area (Å²) in [5, 5.41) is 26.8. The molecule has 132 valence electrons. The van der Waals surface area contributed by atoms with Crippen molar-refractivity contribution in [3.8, 4) is 0 Å². The first-order valence-corrected chi connectivity index (χ1v) is 8.73. The summed E-state index contributed by atoms with van der Waals surface area (Å²) in [6, 6.07) is 10.3. The van der Waals surface area contributed by atoms with Crippen LogP contribution in [0.5, 0.6) is 0 Å². The van der Waals surface area contributed by atoms with Crippen molar-refractivity contribution in [2.45, 2.75) is 17.4 Å². The SMILES string of the molecule is N[C@@H](Cc1ccc(NS(=O)(=O)c2ccc(B(O)O)cc2)cc1)C(=O)O. The molecule has 0 aliphatic carbocycles. The molecule has 6 N–H and O–H groups in total. The van der Waals surface area contributed by atoms with Gasteiger partial charge in [-0.1, -0.05) is 24.3 Å². The maximum Gasteiger partial charge on any atom is 0.488 e. The van der Waals surface area contributed by atoms with Gasteiger partial charge in [0.05, 0.1) is 4.90 Å². The predicted octanol–water partition coefficient (Wildman–Crippen LogP) is -0.878. The molecule has 0 fully saturated rings. The molecule has 1 atom stereocenters. The van der Waals surface area contributed by atoms with E-state index in [-0.39, 0.29) is 16.8 Å². The summed E-state index contributed by atoms with van der Waals surface area (Å²) in [7, 11) is -5.51. The summed E-state index contributed by atoms with van der Waals surface area (Å²) in [4.78, 5) is 10.7. The average molecular weight is 364 g/mol. The third-order valence-electron chi connectivity index (χ3n) is 3.47. The molecule has 0 aliphatic rings. The van der Waals surface area contributed by atoms with Crippen molar-refractivity contribution in [3.63, 3.8) is 0 Å². The number of carboxylic acids is 1. The highest BCUT2D eigenvalue weighted by Gasteiger charge is 2.17. The number of nitrogens with two attached hydrogens (primary N) is 1. The molecule has 0 saturated carbocycles. The van der Waals surface area contributed by atoms with Gasteiger partial charge in [0, 0.05) is 5.69 Å². The van der Waals surface area contributed by atoms with Gasteiger partial charge < -0.3 is 20.9 Å². The maximum atomic E-state index is 12.3. The Hall–Kier alpha value is -2.40. The molecule has 0 heterocycles. The molecule has 2 rings (SSSR count). The molecule has 0 spiro atoms. The number of rotatable bonds is 7. The van der Waals surface area contributed by atoms with Gasteiger partial charge in [-0.3, -0.25) is 9.52 Å². The van der Waals surface area contributed by atoms with Crippen LogP contribution in [0.25, 0.3) is 0 Å². The van der Waals surface area contributed by atoms with E-state index in [4.69, 9.17) is 20.9 Å². The molecular weight excluding hydrogens is 347 g/mol. The number of hydrogen-bond donors (Lipinski definition) is 5. The summed E-state index contributed by atoms with van der Waals surface area (Å²) < 4.78 is 27.0. The highest BCUT2D eigenvalue weighted by Crippen LogP contribution is 2.16. The highest BCUT2D eigenvalue weighted by atomic mass is 32.2. The van der Waals surface area contributed by atoms with Crippen molar-refractivity contribution in [2.24, 2.45) is 5.73 Å². The fraction of sp³-hybridized carbons (Fsp3) is 0.133. The van der Waals surface area contributed by atoms with Gasteiger partial charge in [0.2, 0.25) is 0 Å². The third kappa shape index (κ3) is 5.04. The van der Waals surface area contributed by atoms with Gasteiger partial charge >= 0.3 is 13.1 Å². The van der Waals surface area contributed by atoms with Crippen molar-refractivity contribution in [3.05, 3.63) is 54.1 Å². The number of aliphatic carboxylic acids is 1. The quantitative estimate of drug-likeness (QED) is 0.401. The Morgan fingerprint density at radius 2 is 1.64 bits per heavy atom. The lowest BCUT2D eigenvalue weighted by atomic mass is 9.81. The number of hydrogen-bond acceptors (Lipinski definition) is 6. The van der Waals surface area contributed by atoms with Crippen molar-refractivity contribution in [2.75, 3.05) is 4.72 Å². The van der Waals surface area contributed by atoms with Gasteiger partial charge in [0.25, 0.3) is 10.0 Å². The molecule has 25 heavy (non-hydrogen) atoms. The molecule has 0 saturated heterocycles. The van der Waals surface area contributed by atoms with E-state index in [9.17, 15) is 13.2 Å². The van der Waals surface area contributed by atoms with Crippen LogP contribution in [0.1, 0.15) is 5.56 Å². The van der Waals surface area contributed by atoms with Gasteiger partial charge in [0.15, 0.2) is 0 Å². The van der Waals surface area contributed by atoms with Gasteiger partial charge in [-0.15, -0.1) is 0 Å². The highest BCUT2D eigenvalue weighted by molar-refractivity contribution is 7.92. The zero-order valence-corrected chi connectivity index (χ0v) is 13.8. The van der Waals surface area contributed by atoms with Crippen LogP contribution in [-0.4, -0.2) is 42.7 Å². The minimum Gasteiger partial charge on any atom is -0.480 e. The van der Waals surface area contributed by atoms with Crippen molar-refractivity contribution < 1.29 is 28.4 Å². The fourth-order valence-corrected chi connectivity index (χ4v) is 3.14. The minimum absolute atomic E-state index is 0.0334. The molecule has 0 radical (unpaired) electrons. The van der Waals surface area contributed by atoms with Crippen molar-refractivity contribution in [1.82, 2.24) is 0 Å². The third-order valence-corrected chi connectivity index (χ3v) is 4.86. The van der Waals surface area contributed by atoms with E-state index in [0.717, 1.165) is 0 Å². The van der Waals surface area contributed by atoms with Crippen molar-refractivity contribution in [1.29, 1.82) is 0 Å². The Balaban J connectivity index is 2.11. The van der Waals surface area contributed by atoms with Gasteiger partial charge in [0.1, 0.15) is 6.04 Å². The van der Waals surface area contributed by atoms with Crippen LogP contribution in [0.15, 0.2) is 53.4 Å². The molecule has 0 amide bonds. The van der Waals surface area contributed by atoms with Gasteiger partial charge in [-0.25, -0.2) is 8.42 Å². The molecule has 0 bridgehead atoms. The summed E-state index contributed by atoms with van der Waals surface area (Å²) in [5.74, 6) is -1.11. The Kier molecular flexibility index (Phi) is 5.80. The van der Waals surface area contributed by atoms with E-state index in [1.165, 1.54) is 36.4 Å². The number of anilines is 1. The maximum absolute atomic E-state index is 12.3. The average Bonchev–Trinajstić information content (AvgIpc) is 2.56. The van der Waals surface area contributed by atoms with E-state index in [2.05, 4.69) is 4.72 Å². The first-order chi connectivity index (χ1) is 11.7. The van der Waals surface area contributed by atoms with Crippen LogP contribution in [0.2, 0.25) is 0 Å². The molecule has 2 aromatic rings. The Bertz CT molecular complexity index is 837. The number of nitrogens with one attached hydrogen (secondary N) is 1. The number of carboxylic acid groups (broad SMARTS) is 1. The Morgan fingerprint density at radius 1 is 1.08 bits per heavy atom. The van der Waals surface area contributed by atoms with E-state index in [1.54, 1.807) is 12.1 Å². The van der Waals surface area contributed by atoms with Crippen LogP contribution in [0.4, 0.5) is 5.69 Å². The molecule has 10 heteroatoms. The monoisotopic (exact) mass is 364 g/mol. The normalized spacial score (nSPS) is 12.4. The first kappa shape index (κ1) is 18.9. The Morgan fingerprint density at radius 3 is 2.12 bits per heavy atom. The molecule has 0 aliphatic heterocycles. The number of sulfonamides is 1. The lowest BCUT2D eigenvalue weighted by molar-refractivity contribution is -0.138. The standard InChI is InChI=1S/C15H17BN2O6S/c17-14(15(19)20)9-10-1-5-12(6-2-10)18-25(23,24)13-7-3-11(4-8-13)16(21)22/h1-8,14,18,21-22H,9,17H2,(H,19,20)/t14-/m0/s1. The van der Waals surface area contributed by atoms with E-state index in [1.807, 2.05) is 0 Å². The van der Waals surface area contributed by atoms with E-state index < -0.39 is 29.2 Å². The second kappa shape index (κ2) is 7.66. The predicted molar refractivity (Wildman–Crippen MR) is 92.8 cm³/mol. The van der Waals surface area contributed by atoms with Crippen LogP contribution in [-0.2, 0) is 21.2 Å². The summed E-state index contributed by atoms with van der Waals surface area (Å²) in [6.07, 6.45) is 0.132. The first-order valence-electron chi connectivity index (χ1n) is 7.25. The van der Waals surface area contributed by atoms with E-state index in [0.29, 0.717) is 11.3 Å². The summed E-state index contributed by atoms with van der Waals surface area (Å²) in [5.41, 5.74) is 6.60. The van der Waals surface area contributed by atoms with Crippen LogP contribution in [0.3, 0.4) is 0 Å². The lowest BCUT2D eigenvalue weighted by Gasteiger charge is -2.10. The largest absolute Gasteiger partial charge is 0.488 e. The van der Waals surface area contributed by atoms with Crippen LogP contribution < -0.4 is 15.9 Å². The molecule has 8 nitrogen and oxygen atoms in total. The number of carbonyl (C=O) groups is 1. The van der Waals surface area contributed by atoms with Crippen LogP contribution in [0, 0.1) is 0 Å². The van der Waals surface area contributed by atoms with Crippen LogP contribution >= 0.6 is 0 Å². The molecule has 0 unspecified atom stereocenters. The summed E-state index contributed by atoms with van der Waals surface area (Å²) >= 11 is 0. The smallest absolute Gasteiger partial charge is 0.480 e. The number of benzene rings is 2. The zero-order chi connectivity index (χ0) is 18.6. The van der Waals surface area contributed by atoms with Gasteiger partial charge in [-0.2, -0.15) is 0 Å². The summed E-state index contributed by atoms with van der Waals surface area (Å²) in [6.45, 7) is 0. The van der Waals surface area contributed by atoms with Gasteiger partial charge in [-0.05, 0) is 41.7 Å². The Labute approximate surface area is 145 Å². The fourth-order valence-electron chi connectivity index (χ4n) is 2.08. The van der Waals surface area contributed by atoms with E-state index >= 15 is 0 Å². The zero-order valence-electron chi connectivity index (χ0n) is 13.0.